The summed E-state index contributed by atoms with van der Waals surface area (Å²) in [4.78, 5) is 14.8. The van der Waals surface area contributed by atoms with Gasteiger partial charge in [0.25, 0.3) is 5.91 Å². The molecule has 124 valence electrons. The molecule has 0 atom stereocenters. The van der Waals surface area contributed by atoms with Crippen molar-refractivity contribution in [3.63, 3.8) is 0 Å². The highest BCUT2D eigenvalue weighted by molar-refractivity contribution is 6.66. The Balaban J connectivity index is 2.23. The van der Waals surface area contributed by atoms with Crippen LogP contribution >= 0.6 is 0 Å². The van der Waals surface area contributed by atoms with E-state index in [0.29, 0.717) is 0 Å². The van der Waals surface area contributed by atoms with E-state index in [9.17, 15) is 10.0 Å². The van der Waals surface area contributed by atoms with Crippen LogP contribution < -0.4 is 0 Å². The maximum Gasteiger partial charge on any atom is 0.278 e. The van der Waals surface area contributed by atoms with E-state index in [2.05, 4.69) is 10.3 Å². The summed E-state index contributed by atoms with van der Waals surface area (Å²) >= 11 is 0. The molecule has 2 rings (SSSR count). The molecular formula is C16H27N3O3. The van der Waals surface area contributed by atoms with Gasteiger partial charge in [-0.1, -0.05) is 48.8 Å². The van der Waals surface area contributed by atoms with E-state index in [4.69, 9.17) is 5.21 Å². The van der Waals surface area contributed by atoms with Crippen LogP contribution in [0.5, 0.6) is 0 Å². The summed E-state index contributed by atoms with van der Waals surface area (Å²) in [7, 11) is 0. The van der Waals surface area contributed by atoms with Crippen molar-refractivity contribution >= 4 is 17.3 Å². The van der Waals surface area contributed by atoms with E-state index in [1.54, 1.807) is 0 Å². The molecule has 0 aliphatic heterocycles. The normalized spacial score (nSPS) is 22.6. The maximum atomic E-state index is 12.9. The van der Waals surface area contributed by atoms with Gasteiger partial charge < -0.3 is 15.3 Å². The number of nitrogens with zero attached hydrogens (tertiary/aromatic N) is 3. The Hall–Kier alpha value is -1.59. The molecule has 1 amide bonds. The maximum absolute atomic E-state index is 12.9. The van der Waals surface area contributed by atoms with E-state index in [0.717, 1.165) is 51.4 Å². The van der Waals surface area contributed by atoms with Gasteiger partial charge in [-0.05, 0) is 32.6 Å². The Kier molecular flexibility index (Phi) is 6.21. The highest BCUT2D eigenvalue weighted by atomic mass is 16.4. The predicted octanol–water partition coefficient (Wildman–Crippen LogP) is 3.16. The number of oxime groups is 2. The molecule has 2 fully saturated rings. The molecular weight excluding hydrogens is 282 g/mol. The Bertz CT molecular complexity index is 418. The van der Waals surface area contributed by atoms with Crippen molar-refractivity contribution in [2.45, 2.75) is 83.2 Å². The van der Waals surface area contributed by atoms with Crippen LogP contribution in [0, 0.1) is 0 Å². The fourth-order valence-electron chi connectivity index (χ4n) is 3.79. The summed E-state index contributed by atoms with van der Waals surface area (Å²) in [6.07, 6.45) is 11.0. The van der Waals surface area contributed by atoms with Crippen LogP contribution in [0.1, 0.15) is 71.1 Å². The lowest BCUT2D eigenvalue weighted by molar-refractivity contribution is -0.130. The van der Waals surface area contributed by atoms with Crippen molar-refractivity contribution < 1.29 is 15.2 Å². The number of hydrogen-bond acceptors (Lipinski definition) is 5. The quantitative estimate of drug-likeness (QED) is 0.475. The van der Waals surface area contributed by atoms with Gasteiger partial charge in [-0.3, -0.25) is 4.79 Å². The highest BCUT2D eigenvalue weighted by Gasteiger charge is 2.35. The predicted molar refractivity (Wildman–Crippen MR) is 84.7 cm³/mol. The molecule has 0 aromatic rings. The van der Waals surface area contributed by atoms with Gasteiger partial charge in [0.1, 0.15) is 5.71 Å². The minimum Gasteiger partial charge on any atom is -0.411 e. The van der Waals surface area contributed by atoms with Crippen molar-refractivity contribution in [3.05, 3.63) is 0 Å². The molecule has 6 nitrogen and oxygen atoms in total. The molecule has 6 heteroatoms. The molecule has 2 aliphatic rings. The smallest absolute Gasteiger partial charge is 0.278 e. The Morgan fingerprint density at radius 2 is 1.32 bits per heavy atom. The molecule has 0 spiro atoms. The van der Waals surface area contributed by atoms with Crippen molar-refractivity contribution in [1.82, 2.24) is 4.90 Å². The summed E-state index contributed by atoms with van der Waals surface area (Å²) in [5, 5.41) is 24.2. The summed E-state index contributed by atoms with van der Waals surface area (Å²) in [5.41, 5.74) is -0.0808. The van der Waals surface area contributed by atoms with Crippen LogP contribution in [0.15, 0.2) is 10.3 Å². The van der Waals surface area contributed by atoms with E-state index in [1.807, 2.05) is 4.90 Å². The van der Waals surface area contributed by atoms with Gasteiger partial charge >= 0.3 is 0 Å². The molecule has 0 aromatic carbocycles. The number of carbonyl (C=O) groups is 1. The average Bonchev–Trinajstić information content (AvgIpc) is 2.57. The molecule has 2 saturated carbocycles. The lowest BCUT2D eigenvalue weighted by Crippen LogP contribution is -2.52. The van der Waals surface area contributed by atoms with E-state index >= 15 is 0 Å². The third-order valence-corrected chi connectivity index (χ3v) is 4.97. The average molecular weight is 309 g/mol. The standard InChI is InChI=1S/C16H27N3O3/c1-12(17-21)15(18-22)16(20)19(13-8-4-2-5-9-13)14-10-6-3-7-11-14/h13-14,21-22H,2-11H2,1H3/b17-12-,18-15-. The second kappa shape index (κ2) is 8.15. The summed E-state index contributed by atoms with van der Waals surface area (Å²) < 4.78 is 0. The second-order valence-corrected chi connectivity index (χ2v) is 6.43. The molecule has 0 aromatic heterocycles. The van der Waals surface area contributed by atoms with Crippen molar-refractivity contribution in [2.24, 2.45) is 10.3 Å². The molecule has 0 bridgehead atoms. The van der Waals surface area contributed by atoms with Crippen LogP contribution in [0.4, 0.5) is 0 Å². The van der Waals surface area contributed by atoms with Gasteiger partial charge in [0, 0.05) is 12.1 Å². The van der Waals surface area contributed by atoms with Crippen molar-refractivity contribution in [2.75, 3.05) is 0 Å². The van der Waals surface area contributed by atoms with Crippen molar-refractivity contribution in [3.8, 4) is 0 Å². The fraction of sp³-hybridized carbons (Fsp3) is 0.812. The lowest BCUT2D eigenvalue weighted by Gasteiger charge is -2.41. The SMILES string of the molecule is CC(=N/O)/C(=N/O)C(=O)N(C1CCCCC1)C1CCCCC1. The third-order valence-electron chi connectivity index (χ3n) is 4.97. The molecule has 22 heavy (non-hydrogen) atoms. The van der Waals surface area contributed by atoms with Gasteiger partial charge in [-0.25, -0.2) is 0 Å². The third kappa shape index (κ3) is 3.78. The number of hydrogen-bond donors (Lipinski definition) is 2. The first kappa shape index (κ1) is 16.8. The van der Waals surface area contributed by atoms with Crippen LogP contribution in [0.3, 0.4) is 0 Å². The summed E-state index contributed by atoms with van der Waals surface area (Å²) in [6, 6.07) is 0.431. The number of rotatable bonds is 4. The van der Waals surface area contributed by atoms with Gasteiger partial charge in [0.15, 0.2) is 5.71 Å². The summed E-state index contributed by atoms with van der Waals surface area (Å²) in [5.74, 6) is -0.295. The number of carbonyl (C=O) groups excluding carboxylic acids is 1. The van der Waals surface area contributed by atoms with Crippen LogP contribution in [0.2, 0.25) is 0 Å². The molecule has 0 heterocycles. The first-order chi connectivity index (χ1) is 10.7. The first-order valence-electron chi connectivity index (χ1n) is 8.42. The summed E-state index contributed by atoms with van der Waals surface area (Å²) in [6.45, 7) is 1.48. The van der Waals surface area contributed by atoms with E-state index in [-0.39, 0.29) is 29.4 Å². The molecule has 2 N–H and O–H groups in total. The van der Waals surface area contributed by atoms with Gasteiger partial charge in [0.2, 0.25) is 0 Å². The monoisotopic (exact) mass is 309 g/mol. The molecule has 2 aliphatic carbocycles. The first-order valence-corrected chi connectivity index (χ1v) is 8.42. The molecule has 0 unspecified atom stereocenters. The highest BCUT2D eigenvalue weighted by Crippen LogP contribution is 2.30. The van der Waals surface area contributed by atoms with Crippen LogP contribution in [0.25, 0.3) is 0 Å². The largest absolute Gasteiger partial charge is 0.411 e. The van der Waals surface area contributed by atoms with Gasteiger partial charge in [0.05, 0.1) is 0 Å². The Labute approximate surface area is 131 Å². The van der Waals surface area contributed by atoms with Crippen LogP contribution in [-0.4, -0.2) is 44.7 Å². The zero-order valence-electron chi connectivity index (χ0n) is 13.4. The van der Waals surface area contributed by atoms with Gasteiger partial charge in [-0.15, -0.1) is 0 Å². The van der Waals surface area contributed by atoms with E-state index in [1.165, 1.54) is 19.8 Å². The molecule has 0 saturated heterocycles. The fourth-order valence-corrected chi connectivity index (χ4v) is 3.79. The second-order valence-electron chi connectivity index (χ2n) is 6.43. The zero-order valence-corrected chi connectivity index (χ0v) is 13.4. The minimum atomic E-state index is -0.295. The van der Waals surface area contributed by atoms with Crippen molar-refractivity contribution in [1.29, 1.82) is 0 Å². The van der Waals surface area contributed by atoms with Gasteiger partial charge in [-0.2, -0.15) is 0 Å². The Morgan fingerprint density at radius 1 is 0.864 bits per heavy atom. The zero-order chi connectivity index (χ0) is 15.9. The minimum absolute atomic E-state index is 0.0594. The molecule has 0 radical (unpaired) electrons. The number of amides is 1. The Morgan fingerprint density at radius 3 is 1.68 bits per heavy atom. The topological polar surface area (TPSA) is 85.5 Å². The van der Waals surface area contributed by atoms with E-state index < -0.39 is 0 Å². The van der Waals surface area contributed by atoms with Crippen LogP contribution in [-0.2, 0) is 4.79 Å². The lowest BCUT2D eigenvalue weighted by atomic mass is 9.88.